The topological polar surface area (TPSA) is 46.5 Å². The fourth-order valence-corrected chi connectivity index (χ4v) is 3.20. The molecule has 0 fully saturated rings. The lowest BCUT2D eigenvalue weighted by atomic mass is 10.0. The second kappa shape index (κ2) is 18.4. The van der Waals surface area contributed by atoms with Crippen LogP contribution in [0.25, 0.3) is 0 Å². The molecule has 0 spiro atoms. The van der Waals surface area contributed by atoms with Crippen molar-refractivity contribution in [3.05, 3.63) is 0 Å². The van der Waals surface area contributed by atoms with Crippen LogP contribution in [0.3, 0.4) is 0 Å². The van der Waals surface area contributed by atoms with E-state index in [9.17, 15) is 4.57 Å². The van der Waals surface area contributed by atoms with Gasteiger partial charge in [-0.25, -0.2) is 0 Å². The van der Waals surface area contributed by atoms with E-state index in [-0.39, 0.29) is 0 Å². The van der Waals surface area contributed by atoms with Crippen molar-refractivity contribution < 1.29 is 14.0 Å². The average molecular weight is 347 g/mol. The van der Waals surface area contributed by atoms with Gasteiger partial charge in [0.1, 0.15) is 6.61 Å². The van der Waals surface area contributed by atoms with Crippen molar-refractivity contribution in [2.24, 2.45) is 5.92 Å². The zero-order chi connectivity index (χ0) is 17.2. The molecule has 0 saturated carbocycles. The standard InChI is InChI=1S/C19H39O3P/c1-19(2)17-15-13-11-9-7-5-3-4-6-8-10-12-14-16-18-22-23(20)21/h19H,3-18H2,1-2H3/p+1. The summed E-state index contributed by atoms with van der Waals surface area (Å²) in [6.45, 7) is 5.05. The van der Waals surface area contributed by atoms with Gasteiger partial charge in [-0.1, -0.05) is 104 Å². The molecule has 0 aromatic heterocycles. The van der Waals surface area contributed by atoms with Crippen molar-refractivity contribution in [3.8, 4) is 0 Å². The Balaban J connectivity index is 2.99. The minimum Gasteiger partial charge on any atom is -0.133 e. The van der Waals surface area contributed by atoms with Gasteiger partial charge < -0.3 is 0 Å². The molecular formula is C19H40O3P+. The van der Waals surface area contributed by atoms with E-state index in [1.54, 1.807) is 0 Å². The lowest BCUT2D eigenvalue weighted by Crippen LogP contribution is -1.88. The maximum atomic E-state index is 10.3. The predicted molar refractivity (Wildman–Crippen MR) is 99.9 cm³/mol. The van der Waals surface area contributed by atoms with Crippen LogP contribution in [0.2, 0.25) is 0 Å². The monoisotopic (exact) mass is 347 g/mol. The van der Waals surface area contributed by atoms with Crippen LogP contribution in [-0.4, -0.2) is 11.5 Å². The van der Waals surface area contributed by atoms with Gasteiger partial charge in [0.05, 0.1) is 0 Å². The summed E-state index contributed by atoms with van der Waals surface area (Å²) >= 11 is 0. The van der Waals surface area contributed by atoms with Crippen LogP contribution in [-0.2, 0) is 9.09 Å². The van der Waals surface area contributed by atoms with Crippen LogP contribution in [0, 0.1) is 5.92 Å². The van der Waals surface area contributed by atoms with E-state index in [1.807, 2.05) is 0 Å². The van der Waals surface area contributed by atoms with E-state index < -0.39 is 8.25 Å². The summed E-state index contributed by atoms with van der Waals surface area (Å²) in [5, 5.41) is 0. The Labute approximate surface area is 145 Å². The molecule has 1 atom stereocenters. The van der Waals surface area contributed by atoms with Gasteiger partial charge in [0.15, 0.2) is 0 Å². The van der Waals surface area contributed by atoms with Crippen molar-refractivity contribution in [1.29, 1.82) is 0 Å². The highest BCUT2D eigenvalue weighted by molar-refractivity contribution is 7.32. The molecule has 0 aliphatic carbocycles. The first-order valence-corrected chi connectivity index (χ1v) is 11.0. The Morgan fingerprint density at radius 1 is 0.696 bits per heavy atom. The third-order valence-electron chi connectivity index (χ3n) is 4.38. The molecule has 0 rings (SSSR count). The molecule has 0 aromatic carbocycles. The maximum Gasteiger partial charge on any atom is 0.694 e. The average Bonchev–Trinajstić information content (AvgIpc) is 2.49. The summed E-state index contributed by atoms with van der Waals surface area (Å²) in [6, 6.07) is 0. The fraction of sp³-hybridized carbons (Fsp3) is 1.00. The van der Waals surface area contributed by atoms with Crippen molar-refractivity contribution in [2.75, 3.05) is 6.61 Å². The highest BCUT2D eigenvalue weighted by Crippen LogP contribution is 2.16. The van der Waals surface area contributed by atoms with Gasteiger partial charge in [-0.05, 0) is 12.3 Å². The van der Waals surface area contributed by atoms with Gasteiger partial charge in [0.2, 0.25) is 0 Å². The van der Waals surface area contributed by atoms with E-state index in [0.717, 1.165) is 18.8 Å². The van der Waals surface area contributed by atoms with Crippen LogP contribution in [0.4, 0.5) is 0 Å². The van der Waals surface area contributed by atoms with E-state index in [0.29, 0.717) is 6.61 Å². The molecule has 1 unspecified atom stereocenters. The van der Waals surface area contributed by atoms with Gasteiger partial charge in [-0.2, -0.15) is 0 Å². The quantitative estimate of drug-likeness (QED) is 0.211. The second-order valence-electron chi connectivity index (χ2n) is 7.20. The molecule has 0 bridgehead atoms. The minimum atomic E-state index is -2.40. The molecule has 4 heteroatoms. The lowest BCUT2D eigenvalue weighted by Gasteiger charge is -2.04. The molecule has 0 radical (unpaired) electrons. The molecule has 0 aromatic rings. The van der Waals surface area contributed by atoms with Crippen LogP contribution >= 0.6 is 8.25 Å². The molecule has 3 nitrogen and oxygen atoms in total. The first-order valence-electron chi connectivity index (χ1n) is 9.92. The number of hydrogen-bond acceptors (Lipinski definition) is 2. The molecule has 0 aliphatic rings. The van der Waals surface area contributed by atoms with Gasteiger partial charge in [0.25, 0.3) is 0 Å². The summed E-state index contributed by atoms with van der Waals surface area (Å²) in [4.78, 5) is 8.47. The summed E-state index contributed by atoms with van der Waals surface area (Å²) in [7, 11) is -2.40. The normalized spacial score (nSPS) is 12.1. The summed E-state index contributed by atoms with van der Waals surface area (Å²) in [5.74, 6) is 0.870. The Hall–Kier alpha value is 0.0200. The predicted octanol–water partition coefficient (Wildman–Crippen LogP) is 7.16. The molecule has 0 aliphatic heterocycles. The fourth-order valence-electron chi connectivity index (χ4n) is 2.92. The largest absolute Gasteiger partial charge is 0.694 e. The first kappa shape index (κ1) is 23.0. The smallest absolute Gasteiger partial charge is 0.133 e. The number of rotatable bonds is 18. The van der Waals surface area contributed by atoms with Crippen molar-refractivity contribution >= 4 is 8.25 Å². The minimum absolute atomic E-state index is 0.420. The molecule has 23 heavy (non-hydrogen) atoms. The lowest BCUT2D eigenvalue weighted by molar-refractivity contribution is 0.273. The van der Waals surface area contributed by atoms with Crippen LogP contribution in [0.15, 0.2) is 0 Å². The highest BCUT2D eigenvalue weighted by Gasteiger charge is 2.09. The molecule has 1 N–H and O–H groups in total. The number of hydrogen-bond donors (Lipinski definition) is 1. The Bertz CT molecular complexity index is 257. The first-order chi connectivity index (χ1) is 11.1. The maximum absolute atomic E-state index is 10.3. The summed E-state index contributed by atoms with van der Waals surface area (Å²) in [5.41, 5.74) is 0. The Morgan fingerprint density at radius 3 is 1.39 bits per heavy atom. The van der Waals surface area contributed by atoms with E-state index in [2.05, 4.69) is 18.4 Å². The zero-order valence-electron chi connectivity index (χ0n) is 15.6. The Kier molecular flexibility index (Phi) is 18.4. The SMILES string of the molecule is CC(C)CCCCCCCCCCCCCCCCO[P+](=O)O. The van der Waals surface area contributed by atoms with Gasteiger partial charge in [-0.3, -0.25) is 0 Å². The number of unbranched alkanes of at least 4 members (excludes halogenated alkanes) is 13. The van der Waals surface area contributed by atoms with Gasteiger partial charge in [0, 0.05) is 4.57 Å². The van der Waals surface area contributed by atoms with Crippen LogP contribution in [0.1, 0.15) is 110 Å². The van der Waals surface area contributed by atoms with Crippen molar-refractivity contribution in [1.82, 2.24) is 0 Å². The van der Waals surface area contributed by atoms with Crippen LogP contribution < -0.4 is 0 Å². The van der Waals surface area contributed by atoms with Crippen molar-refractivity contribution in [2.45, 2.75) is 110 Å². The summed E-state index contributed by atoms with van der Waals surface area (Å²) < 4.78 is 14.9. The van der Waals surface area contributed by atoms with E-state index in [4.69, 9.17) is 4.89 Å². The molecule has 0 saturated heterocycles. The third-order valence-corrected chi connectivity index (χ3v) is 4.78. The second-order valence-corrected chi connectivity index (χ2v) is 7.94. The van der Waals surface area contributed by atoms with E-state index in [1.165, 1.54) is 83.5 Å². The molecular weight excluding hydrogens is 307 g/mol. The zero-order valence-corrected chi connectivity index (χ0v) is 16.5. The molecule has 0 heterocycles. The molecule has 0 amide bonds. The summed E-state index contributed by atoms with van der Waals surface area (Å²) in [6.07, 6.45) is 20.0. The van der Waals surface area contributed by atoms with Gasteiger partial charge in [-0.15, -0.1) is 9.42 Å². The van der Waals surface area contributed by atoms with Crippen LogP contribution in [0.5, 0.6) is 0 Å². The Morgan fingerprint density at radius 2 is 1.04 bits per heavy atom. The van der Waals surface area contributed by atoms with Gasteiger partial charge >= 0.3 is 8.25 Å². The van der Waals surface area contributed by atoms with Crippen molar-refractivity contribution in [3.63, 3.8) is 0 Å². The molecule has 138 valence electrons. The highest BCUT2D eigenvalue weighted by atomic mass is 31.1. The van der Waals surface area contributed by atoms with E-state index >= 15 is 0 Å². The third kappa shape index (κ3) is 22.0.